The summed E-state index contributed by atoms with van der Waals surface area (Å²) in [7, 11) is -4.40. The number of carbonyl (C=O) groups excluding carboxylic acids is 1. The Morgan fingerprint density at radius 3 is 1.83 bits per heavy atom. The molecular weight excluding hydrogens is 615 g/mol. The molecule has 0 aromatic rings. The Morgan fingerprint density at radius 1 is 0.723 bits per heavy atom. The summed E-state index contributed by atoms with van der Waals surface area (Å²) in [6, 6.07) is -1.01. The lowest BCUT2D eigenvalue weighted by Gasteiger charge is -2.24. The van der Waals surface area contributed by atoms with Crippen LogP contribution < -0.4 is 11.1 Å². The number of nitrogens with one attached hydrogen (secondary N) is 1. The van der Waals surface area contributed by atoms with Crippen LogP contribution in [0.1, 0.15) is 142 Å². The molecule has 4 atom stereocenters. The predicted octanol–water partition coefficient (Wildman–Crippen LogP) is 8.35. The highest BCUT2D eigenvalue weighted by molar-refractivity contribution is 7.47. The molecule has 0 bridgehead atoms. The third-order valence-corrected chi connectivity index (χ3v) is 8.64. The van der Waals surface area contributed by atoms with Gasteiger partial charge in [0.15, 0.2) is 0 Å². The SMILES string of the molecule is CCCC/C=C/CC/C=C/CC/C=C/C(O)C(COP(=O)(O)OCCN)NC(=O)CC(O)CCCCCCC/C=C\CCCCCC. The lowest BCUT2D eigenvalue weighted by atomic mass is 10.0. The van der Waals surface area contributed by atoms with Crippen LogP contribution in [0.25, 0.3) is 0 Å². The number of allylic oxidation sites excluding steroid dienone is 7. The van der Waals surface area contributed by atoms with Gasteiger partial charge in [-0.15, -0.1) is 0 Å². The highest BCUT2D eigenvalue weighted by Crippen LogP contribution is 2.43. The number of carbonyl (C=O) groups is 1. The quantitative estimate of drug-likeness (QED) is 0.0263. The van der Waals surface area contributed by atoms with E-state index in [0.717, 1.165) is 57.8 Å². The van der Waals surface area contributed by atoms with Crippen LogP contribution in [0.2, 0.25) is 0 Å². The van der Waals surface area contributed by atoms with Crippen molar-refractivity contribution in [3.8, 4) is 0 Å². The second-order valence-electron chi connectivity index (χ2n) is 12.2. The van der Waals surface area contributed by atoms with Gasteiger partial charge in [0, 0.05) is 6.54 Å². The van der Waals surface area contributed by atoms with E-state index in [-0.39, 0.29) is 19.6 Å². The van der Waals surface area contributed by atoms with Crippen molar-refractivity contribution in [3.05, 3.63) is 48.6 Å². The summed E-state index contributed by atoms with van der Waals surface area (Å²) in [5.74, 6) is -0.470. The van der Waals surface area contributed by atoms with Crippen LogP contribution in [0.4, 0.5) is 0 Å². The van der Waals surface area contributed by atoms with Crippen LogP contribution in [0, 0.1) is 0 Å². The monoisotopic (exact) mass is 684 g/mol. The number of amides is 1. The van der Waals surface area contributed by atoms with Crippen LogP contribution in [0.15, 0.2) is 48.6 Å². The molecule has 0 heterocycles. The van der Waals surface area contributed by atoms with Gasteiger partial charge in [-0.2, -0.15) is 0 Å². The topological polar surface area (TPSA) is 151 Å². The van der Waals surface area contributed by atoms with Gasteiger partial charge >= 0.3 is 7.82 Å². The van der Waals surface area contributed by atoms with Gasteiger partial charge in [-0.3, -0.25) is 13.8 Å². The summed E-state index contributed by atoms with van der Waals surface area (Å²) in [6.45, 7) is 3.84. The molecule has 47 heavy (non-hydrogen) atoms. The number of aliphatic hydroxyl groups excluding tert-OH is 2. The van der Waals surface area contributed by atoms with E-state index in [4.69, 9.17) is 14.8 Å². The van der Waals surface area contributed by atoms with E-state index in [1.807, 2.05) is 6.08 Å². The molecule has 6 N–H and O–H groups in total. The average molecular weight is 685 g/mol. The summed E-state index contributed by atoms with van der Waals surface area (Å²) in [5.41, 5.74) is 5.33. The van der Waals surface area contributed by atoms with E-state index >= 15 is 0 Å². The van der Waals surface area contributed by atoms with E-state index in [9.17, 15) is 24.5 Å². The second kappa shape index (κ2) is 32.9. The fourth-order valence-corrected chi connectivity index (χ4v) is 5.59. The Balaban J connectivity index is 4.54. The van der Waals surface area contributed by atoms with E-state index in [2.05, 4.69) is 55.6 Å². The molecular formula is C37H69N2O7P. The summed E-state index contributed by atoms with van der Waals surface area (Å²) in [5, 5.41) is 23.8. The average Bonchev–Trinajstić information content (AvgIpc) is 3.04. The second-order valence-corrected chi connectivity index (χ2v) is 13.7. The van der Waals surface area contributed by atoms with Gasteiger partial charge in [0.05, 0.1) is 37.9 Å². The standard InChI is InChI=1S/C37H69N2O7P/c1-3-5-7-9-11-13-15-17-18-20-22-24-26-28-34(40)32-37(42)39-35(33-46-47(43,44)45-31-30-38)36(41)29-27-25-23-21-19-16-14-12-10-8-6-4-2/h10,12-13,15,19,21,27,29,34-36,40-41H,3-9,11,14,16-18,20,22-26,28,30-33,38H2,1-2H3,(H,39,42)(H,43,44)/b12-10+,15-13-,21-19+,29-27+. The Morgan fingerprint density at radius 2 is 1.23 bits per heavy atom. The largest absolute Gasteiger partial charge is 0.472 e. The van der Waals surface area contributed by atoms with Crippen molar-refractivity contribution < 1.29 is 33.5 Å². The van der Waals surface area contributed by atoms with Gasteiger partial charge in [0.2, 0.25) is 5.91 Å². The Labute approximate surface area is 286 Å². The number of nitrogens with two attached hydrogens (primary N) is 1. The molecule has 0 rings (SSSR count). The lowest BCUT2D eigenvalue weighted by molar-refractivity contribution is -0.124. The zero-order valence-electron chi connectivity index (χ0n) is 29.6. The van der Waals surface area contributed by atoms with Crippen molar-refractivity contribution in [2.24, 2.45) is 5.73 Å². The molecule has 9 nitrogen and oxygen atoms in total. The maximum Gasteiger partial charge on any atom is 0.472 e. The number of phosphoric ester groups is 1. The maximum atomic E-state index is 12.7. The smallest absolute Gasteiger partial charge is 0.393 e. The number of rotatable bonds is 33. The van der Waals surface area contributed by atoms with Crippen molar-refractivity contribution in [1.82, 2.24) is 5.32 Å². The van der Waals surface area contributed by atoms with Crippen LogP contribution >= 0.6 is 7.82 Å². The minimum absolute atomic E-state index is 0.0397. The highest BCUT2D eigenvalue weighted by atomic mass is 31.2. The molecule has 274 valence electrons. The molecule has 0 fully saturated rings. The molecule has 0 aliphatic rings. The molecule has 0 aromatic heterocycles. The molecule has 0 saturated carbocycles. The minimum Gasteiger partial charge on any atom is -0.393 e. The lowest BCUT2D eigenvalue weighted by Crippen LogP contribution is -2.46. The number of hydrogen-bond acceptors (Lipinski definition) is 7. The molecule has 4 unspecified atom stereocenters. The third-order valence-electron chi connectivity index (χ3n) is 7.66. The number of phosphoric acid groups is 1. The maximum absolute atomic E-state index is 12.7. The van der Waals surface area contributed by atoms with Gasteiger partial charge < -0.3 is 26.2 Å². The van der Waals surface area contributed by atoms with E-state index in [1.165, 1.54) is 51.4 Å². The number of hydrogen-bond donors (Lipinski definition) is 5. The normalized spacial score (nSPS) is 15.6. The Bertz CT molecular complexity index is 894. The first-order chi connectivity index (χ1) is 22.8. The molecule has 0 aliphatic carbocycles. The van der Waals surface area contributed by atoms with Crippen molar-refractivity contribution in [1.29, 1.82) is 0 Å². The zero-order valence-corrected chi connectivity index (χ0v) is 30.5. The summed E-state index contributed by atoms with van der Waals surface area (Å²) in [6.07, 6.45) is 34.8. The number of unbranched alkanes of at least 4 members (excludes halogenated alkanes) is 13. The van der Waals surface area contributed by atoms with Crippen LogP contribution in [-0.4, -0.2) is 59.0 Å². The van der Waals surface area contributed by atoms with Crippen molar-refractivity contribution in [2.75, 3.05) is 19.8 Å². The zero-order chi connectivity index (χ0) is 34.9. The molecule has 0 aromatic carbocycles. The summed E-state index contributed by atoms with van der Waals surface area (Å²) < 4.78 is 21.9. The van der Waals surface area contributed by atoms with E-state index < -0.39 is 38.6 Å². The highest BCUT2D eigenvalue weighted by Gasteiger charge is 2.27. The Kier molecular flexibility index (Phi) is 31.8. The first-order valence-corrected chi connectivity index (χ1v) is 19.8. The van der Waals surface area contributed by atoms with Gasteiger partial charge in [0.1, 0.15) is 0 Å². The summed E-state index contributed by atoms with van der Waals surface area (Å²) >= 11 is 0. The molecule has 10 heteroatoms. The minimum atomic E-state index is -4.40. The third kappa shape index (κ3) is 31.4. The molecule has 1 amide bonds. The van der Waals surface area contributed by atoms with Gasteiger partial charge in [-0.25, -0.2) is 4.57 Å². The van der Waals surface area contributed by atoms with E-state index in [0.29, 0.717) is 12.8 Å². The van der Waals surface area contributed by atoms with Crippen molar-refractivity contribution >= 4 is 13.7 Å². The van der Waals surface area contributed by atoms with Crippen molar-refractivity contribution in [2.45, 2.75) is 161 Å². The van der Waals surface area contributed by atoms with E-state index in [1.54, 1.807) is 6.08 Å². The van der Waals surface area contributed by atoms with Crippen LogP contribution in [-0.2, 0) is 18.4 Å². The van der Waals surface area contributed by atoms with Crippen LogP contribution in [0.3, 0.4) is 0 Å². The first kappa shape index (κ1) is 45.4. The molecule has 0 spiro atoms. The molecule has 0 aliphatic heterocycles. The summed E-state index contributed by atoms with van der Waals surface area (Å²) in [4.78, 5) is 22.6. The fourth-order valence-electron chi connectivity index (χ4n) is 4.83. The molecule has 0 saturated heterocycles. The van der Waals surface area contributed by atoms with Crippen LogP contribution in [0.5, 0.6) is 0 Å². The number of aliphatic hydroxyl groups is 2. The van der Waals surface area contributed by atoms with Gasteiger partial charge in [-0.05, 0) is 64.2 Å². The van der Waals surface area contributed by atoms with Gasteiger partial charge in [-0.1, -0.05) is 120 Å². The molecule has 0 radical (unpaired) electrons. The van der Waals surface area contributed by atoms with Gasteiger partial charge in [0.25, 0.3) is 0 Å². The Hall–Kier alpha value is -1.58. The predicted molar refractivity (Wildman–Crippen MR) is 195 cm³/mol. The first-order valence-electron chi connectivity index (χ1n) is 18.3. The fraction of sp³-hybridized carbons (Fsp3) is 0.757. The van der Waals surface area contributed by atoms with Crippen molar-refractivity contribution in [3.63, 3.8) is 0 Å².